The van der Waals surface area contributed by atoms with Crippen LogP contribution in [0.4, 0.5) is 18.9 Å². The fraction of sp³-hybridized carbons (Fsp3) is 0.158. The lowest BCUT2D eigenvalue weighted by molar-refractivity contribution is 0.443. The summed E-state index contributed by atoms with van der Waals surface area (Å²) >= 11 is 0. The zero-order valence-electron chi connectivity index (χ0n) is 14.0. The van der Waals surface area contributed by atoms with E-state index in [9.17, 15) is 13.2 Å². The van der Waals surface area contributed by atoms with Gasteiger partial charge in [-0.1, -0.05) is 35.5 Å². The van der Waals surface area contributed by atoms with Gasteiger partial charge >= 0.3 is 0 Å². The molecule has 0 unspecified atom stereocenters. The van der Waals surface area contributed by atoms with Gasteiger partial charge in [-0.3, -0.25) is 0 Å². The summed E-state index contributed by atoms with van der Waals surface area (Å²) in [6, 6.07) is 10.1. The lowest BCUT2D eigenvalue weighted by Gasteiger charge is -2.18. The predicted octanol–water partition coefficient (Wildman–Crippen LogP) is 5.27. The van der Waals surface area contributed by atoms with E-state index in [0.29, 0.717) is 11.1 Å². The van der Waals surface area contributed by atoms with E-state index < -0.39 is 34.7 Å². The van der Waals surface area contributed by atoms with Gasteiger partial charge < -0.3 is 9.84 Å². The first-order valence-electron chi connectivity index (χ1n) is 8.02. The summed E-state index contributed by atoms with van der Waals surface area (Å²) in [5.74, 6) is -3.46. The van der Waals surface area contributed by atoms with Crippen LogP contribution in [0.5, 0.6) is 0 Å². The molecule has 1 atom stereocenters. The van der Waals surface area contributed by atoms with E-state index in [1.165, 1.54) is 6.07 Å². The first-order valence-corrected chi connectivity index (χ1v) is 8.02. The highest BCUT2D eigenvalue weighted by molar-refractivity contribution is 5.94. The summed E-state index contributed by atoms with van der Waals surface area (Å²) in [5, 5.41) is 6.76. The molecule has 1 N–H and O–H groups in total. The highest BCUT2D eigenvalue weighted by Crippen LogP contribution is 2.34. The van der Waals surface area contributed by atoms with Crippen LogP contribution >= 0.6 is 0 Å². The molecule has 2 heterocycles. The number of halogens is 3. The number of pyridine rings is 1. The lowest BCUT2D eigenvalue weighted by atomic mass is 10.1. The van der Waals surface area contributed by atoms with Gasteiger partial charge in [0.2, 0.25) is 0 Å². The highest BCUT2D eigenvalue weighted by Gasteiger charge is 2.24. The van der Waals surface area contributed by atoms with Crippen molar-refractivity contribution >= 4 is 27.7 Å². The first kappa shape index (κ1) is 16.4. The molecule has 0 bridgehead atoms. The molecule has 0 amide bonds. The van der Waals surface area contributed by atoms with Crippen LogP contribution in [0.1, 0.15) is 24.2 Å². The van der Waals surface area contributed by atoms with Gasteiger partial charge in [-0.25, -0.2) is 18.2 Å². The molecular weight excluding hydrogens is 343 g/mol. The van der Waals surface area contributed by atoms with Crippen molar-refractivity contribution in [3.05, 3.63) is 65.1 Å². The Kier molecular flexibility index (Phi) is 3.79. The van der Waals surface area contributed by atoms with Gasteiger partial charge in [0.25, 0.3) is 5.71 Å². The lowest BCUT2D eigenvalue weighted by Crippen LogP contribution is -2.11. The Hall–Kier alpha value is -3.09. The van der Waals surface area contributed by atoms with Crippen molar-refractivity contribution < 1.29 is 17.7 Å². The number of nitrogens with one attached hydrogen (secondary N) is 1. The van der Waals surface area contributed by atoms with E-state index >= 15 is 0 Å². The minimum atomic E-state index is -1.32. The molecule has 2 aromatic heterocycles. The quantitative estimate of drug-likeness (QED) is 0.507. The molecule has 0 spiro atoms. The molecule has 132 valence electrons. The first-order chi connectivity index (χ1) is 12.5. The van der Waals surface area contributed by atoms with Crippen molar-refractivity contribution in [2.24, 2.45) is 0 Å². The Morgan fingerprint density at radius 2 is 1.73 bits per heavy atom. The third-order valence-electron chi connectivity index (χ3n) is 4.38. The topological polar surface area (TPSA) is 51.0 Å². The van der Waals surface area contributed by atoms with Gasteiger partial charge in [-0.05, 0) is 25.5 Å². The minimum absolute atomic E-state index is 0.0334. The molecule has 0 aliphatic carbocycles. The highest BCUT2D eigenvalue weighted by atomic mass is 19.2. The predicted molar refractivity (Wildman–Crippen MR) is 92.4 cm³/mol. The molecule has 0 aliphatic rings. The van der Waals surface area contributed by atoms with Crippen LogP contribution in [-0.4, -0.2) is 10.1 Å². The standard InChI is InChI=1S/C19H14F3N3O/c1-9(11-6-4-3-5-7-11)23-18-14(20)13-8-12-10(2)25-26-19(12)24-17(13)15(21)16(18)22/h3-9,23H,1-2H3/t9-/m1/s1. The number of aryl methyl sites for hydroxylation is 1. The molecule has 0 fully saturated rings. The van der Waals surface area contributed by atoms with Crippen molar-refractivity contribution in [1.29, 1.82) is 0 Å². The number of rotatable bonds is 3. The van der Waals surface area contributed by atoms with Crippen molar-refractivity contribution in [1.82, 2.24) is 10.1 Å². The smallest absolute Gasteiger partial charge is 0.258 e. The Balaban J connectivity index is 1.89. The number of anilines is 1. The average molecular weight is 357 g/mol. The molecule has 0 saturated carbocycles. The summed E-state index contributed by atoms with van der Waals surface area (Å²) in [6.07, 6.45) is 0. The van der Waals surface area contributed by atoms with Gasteiger partial charge in [0, 0.05) is 11.4 Å². The van der Waals surface area contributed by atoms with Crippen LogP contribution in [0.2, 0.25) is 0 Å². The maximum Gasteiger partial charge on any atom is 0.258 e. The number of hydrogen-bond donors (Lipinski definition) is 1. The largest absolute Gasteiger partial charge is 0.374 e. The molecule has 0 radical (unpaired) electrons. The number of aromatic nitrogens is 2. The van der Waals surface area contributed by atoms with Gasteiger partial charge in [0.05, 0.1) is 11.1 Å². The Morgan fingerprint density at radius 3 is 2.46 bits per heavy atom. The summed E-state index contributed by atoms with van der Waals surface area (Å²) < 4.78 is 49.0. The van der Waals surface area contributed by atoms with Crippen LogP contribution in [0.15, 0.2) is 40.9 Å². The molecule has 7 heteroatoms. The van der Waals surface area contributed by atoms with Gasteiger partial charge in [0.1, 0.15) is 11.2 Å². The molecular formula is C19H14F3N3O. The number of nitrogens with zero attached hydrogens (tertiary/aromatic N) is 2. The van der Waals surface area contributed by atoms with Crippen molar-refractivity contribution in [3.8, 4) is 0 Å². The second-order valence-corrected chi connectivity index (χ2v) is 6.10. The maximum atomic E-state index is 15.0. The van der Waals surface area contributed by atoms with Crippen molar-refractivity contribution in [2.45, 2.75) is 19.9 Å². The maximum absolute atomic E-state index is 15.0. The van der Waals surface area contributed by atoms with Gasteiger partial charge in [-0.2, -0.15) is 0 Å². The third kappa shape index (κ3) is 2.47. The Labute approximate surface area is 146 Å². The molecule has 0 aliphatic heterocycles. The second-order valence-electron chi connectivity index (χ2n) is 6.10. The normalized spacial score (nSPS) is 12.7. The summed E-state index contributed by atoms with van der Waals surface area (Å²) in [7, 11) is 0. The van der Waals surface area contributed by atoms with E-state index in [4.69, 9.17) is 4.52 Å². The van der Waals surface area contributed by atoms with Crippen LogP contribution in [-0.2, 0) is 0 Å². The SMILES string of the molecule is Cc1noc2nc3c(F)c(F)c(N[C@H](C)c4ccccc4)c(F)c3cc12. The average Bonchev–Trinajstić information content (AvgIpc) is 3.03. The van der Waals surface area contributed by atoms with Gasteiger partial charge in [-0.15, -0.1) is 0 Å². The van der Waals surface area contributed by atoms with Crippen LogP contribution in [0.3, 0.4) is 0 Å². The molecule has 2 aromatic carbocycles. The molecule has 0 saturated heterocycles. The number of hydrogen-bond acceptors (Lipinski definition) is 4. The van der Waals surface area contributed by atoms with Crippen LogP contribution < -0.4 is 5.32 Å². The number of benzene rings is 2. The fourth-order valence-corrected chi connectivity index (χ4v) is 2.93. The van der Waals surface area contributed by atoms with Crippen molar-refractivity contribution in [3.63, 3.8) is 0 Å². The minimum Gasteiger partial charge on any atom is -0.374 e. The number of fused-ring (bicyclic) bond motifs is 2. The van der Waals surface area contributed by atoms with E-state index in [2.05, 4.69) is 15.5 Å². The van der Waals surface area contributed by atoms with Crippen LogP contribution in [0.25, 0.3) is 22.0 Å². The zero-order chi connectivity index (χ0) is 18.4. The second kappa shape index (κ2) is 6.01. The zero-order valence-corrected chi connectivity index (χ0v) is 14.0. The van der Waals surface area contributed by atoms with Crippen LogP contribution in [0, 0.1) is 24.4 Å². The summed E-state index contributed by atoms with van der Waals surface area (Å²) in [4.78, 5) is 3.89. The van der Waals surface area contributed by atoms with E-state index in [1.807, 2.05) is 30.3 Å². The molecule has 4 aromatic rings. The Bertz CT molecular complexity index is 1130. The molecule has 4 rings (SSSR count). The van der Waals surface area contributed by atoms with Crippen molar-refractivity contribution in [2.75, 3.05) is 5.32 Å². The van der Waals surface area contributed by atoms with E-state index in [1.54, 1.807) is 13.8 Å². The molecule has 4 nitrogen and oxygen atoms in total. The van der Waals surface area contributed by atoms with E-state index in [-0.39, 0.29) is 11.1 Å². The molecule has 26 heavy (non-hydrogen) atoms. The Morgan fingerprint density at radius 1 is 1.00 bits per heavy atom. The van der Waals surface area contributed by atoms with E-state index in [0.717, 1.165) is 5.56 Å². The third-order valence-corrected chi connectivity index (χ3v) is 4.38. The van der Waals surface area contributed by atoms with Gasteiger partial charge in [0.15, 0.2) is 17.5 Å². The monoisotopic (exact) mass is 357 g/mol. The fourth-order valence-electron chi connectivity index (χ4n) is 2.93. The summed E-state index contributed by atoms with van der Waals surface area (Å²) in [5.41, 5.74) is 0.384. The summed E-state index contributed by atoms with van der Waals surface area (Å²) in [6.45, 7) is 3.40.